The van der Waals surface area contributed by atoms with Crippen LogP contribution in [0.5, 0.6) is 0 Å². The lowest BCUT2D eigenvalue weighted by Crippen LogP contribution is -2.22. The number of rotatable bonds is 6. The van der Waals surface area contributed by atoms with Gasteiger partial charge in [-0.3, -0.25) is 0 Å². The zero-order chi connectivity index (χ0) is 10.4. The van der Waals surface area contributed by atoms with Crippen molar-refractivity contribution in [1.29, 1.82) is 0 Å². The fraction of sp³-hybridized carbons (Fsp3) is 0.636. The lowest BCUT2D eigenvalue weighted by atomic mass is 10.1. The Morgan fingerprint density at radius 2 is 2.36 bits per heavy atom. The molecule has 0 aliphatic heterocycles. The molecule has 0 saturated heterocycles. The molecule has 0 spiro atoms. The molecule has 80 valence electrons. The monoisotopic (exact) mass is 212 g/mol. The second kappa shape index (κ2) is 6.17. The molecule has 1 unspecified atom stereocenters. The smallest absolute Gasteiger partial charge is 0.0324 e. The van der Waals surface area contributed by atoms with Gasteiger partial charge in [0.1, 0.15) is 0 Å². The summed E-state index contributed by atoms with van der Waals surface area (Å²) >= 11 is 1.82. The second-order valence-corrected chi connectivity index (χ2v) is 4.98. The van der Waals surface area contributed by atoms with Gasteiger partial charge in [-0.05, 0) is 43.9 Å². The molecule has 0 bridgehead atoms. The molecule has 14 heavy (non-hydrogen) atoms. The Labute approximate surface area is 90.7 Å². The predicted molar refractivity (Wildman–Crippen MR) is 63.5 cm³/mol. The molecule has 2 N–H and O–H groups in total. The maximum absolute atomic E-state index is 5.58. The van der Waals surface area contributed by atoms with Crippen LogP contribution in [-0.2, 0) is 6.54 Å². The quantitative estimate of drug-likeness (QED) is 0.783. The highest BCUT2D eigenvalue weighted by Gasteiger charge is 2.03. The van der Waals surface area contributed by atoms with Crippen LogP contribution in [0, 0.1) is 5.92 Å². The van der Waals surface area contributed by atoms with Crippen molar-refractivity contribution in [2.75, 3.05) is 20.1 Å². The van der Waals surface area contributed by atoms with E-state index in [4.69, 9.17) is 5.73 Å². The molecule has 0 amide bonds. The topological polar surface area (TPSA) is 29.3 Å². The predicted octanol–water partition coefficient (Wildman–Crippen LogP) is 2.16. The van der Waals surface area contributed by atoms with Crippen molar-refractivity contribution in [2.24, 2.45) is 11.7 Å². The number of hydrogen-bond acceptors (Lipinski definition) is 3. The molecule has 2 nitrogen and oxygen atoms in total. The minimum absolute atomic E-state index is 0.640. The summed E-state index contributed by atoms with van der Waals surface area (Å²) in [6, 6.07) is 4.30. The van der Waals surface area contributed by atoms with E-state index in [1.54, 1.807) is 0 Å². The molecule has 0 saturated carbocycles. The highest BCUT2D eigenvalue weighted by atomic mass is 32.1. The van der Waals surface area contributed by atoms with E-state index in [0.29, 0.717) is 5.92 Å². The fourth-order valence-electron chi connectivity index (χ4n) is 1.31. The SMILES string of the molecule is CC(CN)CCN(C)Cc1cccs1. The molecule has 0 radical (unpaired) electrons. The molecule has 1 rings (SSSR count). The van der Waals surface area contributed by atoms with Gasteiger partial charge in [-0.15, -0.1) is 11.3 Å². The van der Waals surface area contributed by atoms with Crippen LogP contribution in [0.15, 0.2) is 17.5 Å². The summed E-state index contributed by atoms with van der Waals surface area (Å²) in [5, 5.41) is 2.13. The van der Waals surface area contributed by atoms with Gasteiger partial charge in [0.15, 0.2) is 0 Å². The van der Waals surface area contributed by atoms with E-state index in [2.05, 4.69) is 36.4 Å². The van der Waals surface area contributed by atoms with Crippen LogP contribution in [-0.4, -0.2) is 25.0 Å². The molecule has 1 aromatic heterocycles. The van der Waals surface area contributed by atoms with Crippen LogP contribution in [0.2, 0.25) is 0 Å². The normalized spacial score (nSPS) is 13.4. The zero-order valence-corrected chi connectivity index (χ0v) is 9.89. The van der Waals surface area contributed by atoms with Gasteiger partial charge < -0.3 is 10.6 Å². The van der Waals surface area contributed by atoms with E-state index < -0.39 is 0 Å². The molecule has 1 heterocycles. The lowest BCUT2D eigenvalue weighted by Gasteiger charge is -2.17. The molecular formula is C11H20N2S. The Kier molecular flexibility index (Phi) is 5.15. The van der Waals surface area contributed by atoms with E-state index in [1.165, 1.54) is 11.3 Å². The van der Waals surface area contributed by atoms with Crippen LogP contribution in [0.4, 0.5) is 0 Å². The van der Waals surface area contributed by atoms with Crippen molar-refractivity contribution >= 4 is 11.3 Å². The maximum atomic E-state index is 5.58. The first kappa shape index (κ1) is 11.7. The standard InChI is InChI=1S/C11H20N2S/c1-10(8-12)5-6-13(2)9-11-4-3-7-14-11/h3-4,7,10H,5-6,8-9,12H2,1-2H3. The molecular weight excluding hydrogens is 192 g/mol. The molecule has 0 aliphatic rings. The molecule has 1 aromatic rings. The van der Waals surface area contributed by atoms with E-state index in [-0.39, 0.29) is 0 Å². The highest BCUT2D eigenvalue weighted by Crippen LogP contribution is 2.11. The summed E-state index contributed by atoms with van der Waals surface area (Å²) in [5.41, 5.74) is 5.58. The first-order chi connectivity index (χ1) is 6.72. The van der Waals surface area contributed by atoms with Gasteiger partial charge in [0.25, 0.3) is 0 Å². The van der Waals surface area contributed by atoms with E-state index in [0.717, 1.165) is 19.6 Å². The largest absolute Gasteiger partial charge is 0.330 e. The summed E-state index contributed by atoms with van der Waals surface area (Å²) in [4.78, 5) is 3.80. The third-order valence-electron chi connectivity index (χ3n) is 2.41. The van der Waals surface area contributed by atoms with Crippen LogP contribution < -0.4 is 5.73 Å². The summed E-state index contributed by atoms with van der Waals surface area (Å²) in [7, 11) is 2.17. The van der Waals surface area contributed by atoms with Gasteiger partial charge in [0, 0.05) is 11.4 Å². The van der Waals surface area contributed by atoms with Crippen LogP contribution in [0.1, 0.15) is 18.2 Å². The van der Waals surface area contributed by atoms with Gasteiger partial charge in [-0.25, -0.2) is 0 Å². The average Bonchev–Trinajstić information content (AvgIpc) is 2.66. The first-order valence-electron chi connectivity index (χ1n) is 5.13. The minimum atomic E-state index is 0.640. The van der Waals surface area contributed by atoms with Crippen LogP contribution in [0.3, 0.4) is 0 Å². The van der Waals surface area contributed by atoms with E-state index in [1.807, 2.05) is 11.3 Å². The summed E-state index contributed by atoms with van der Waals surface area (Å²) in [6.45, 7) is 5.21. The van der Waals surface area contributed by atoms with Crippen molar-refractivity contribution in [3.63, 3.8) is 0 Å². The number of nitrogens with zero attached hydrogens (tertiary/aromatic N) is 1. The van der Waals surface area contributed by atoms with E-state index >= 15 is 0 Å². The lowest BCUT2D eigenvalue weighted by molar-refractivity contribution is 0.302. The maximum Gasteiger partial charge on any atom is 0.0324 e. The average molecular weight is 212 g/mol. The summed E-state index contributed by atoms with van der Waals surface area (Å²) in [5.74, 6) is 0.640. The number of thiophene rings is 1. The number of nitrogens with two attached hydrogens (primary N) is 1. The summed E-state index contributed by atoms with van der Waals surface area (Å²) < 4.78 is 0. The van der Waals surface area contributed by atoms with Gasteiger partial charge in [0.2, 0.25) is 0 Å². The first-order valence-corrected chi connectivity index (χ1v) is 6.01. The van der Waals surface area contributed by atoms with Gasteiger partial charge in [-0.1, -0.05) is 13.0 Å². The minimum Gasteiger partial charge on any atom is -0.330 e. The van der Waals surface area contributed by atoms with Crippen LogP contribution in [0.25, 0.3) is 0 Å². The third-order valence-corrected chi connectivity index (χ3v) is 3.27. The Bertz CT molecular complexity index is 233. The Morgan fingerprint density at radius 1 is 1.57 bits per heavy atom. The molecule has 0 aromatic carbocycles. The third kappa shape index (κ3) is 4.22. The fourth-order valence-corrected chi connectivity index (χ4v) is 2.09. The molecule has 0 fully saturated rings. The van der Waals surface area contributed by atoms with Gasteiger partial charge >= 0.3 is 0 Å². The van der Waals surface area contributed by atoms with Crippen molar-refractivity contribution < 1.29 is 0 Å². The Morgan fingerprint density at radius 3 is 2.93 bits per heavy atom. The van der Waals surface area contributed by atoms with Crippen molar-refractivity contribution in [1.82, 2.24) is 4.90 Å². The Balaban J connectivity index is 2.19. The summed E-state index contributed by atoms with van der Waals surface area (Å²) in [6.07, 6.45) is 1.19. The van der Waals surface area contributed by atoms with E-state index in [9.17, 15) is 0 Å². The molecule has 3 heteroatoms. The second-order valence-electron chi connectivity index (χ2n) is 3.95. The Hall–Kier alpha value is -0.380. The number of hydrogen-bond donors (Lipinski definition) is 1. The highest BCUT2D eigenvalue weighted by molar-refractivity contribution is 7.09. The zero-order valence-electron chi connectivity index (χ0n) is 9.07. The van der Waals surface area contributed by atoms with Gasteiger partial charge in [-0.2, -0.15) is 0 Å². The molecule has 1 atom stereocenters. The van der Waals surface area contributed by atoms with Crippen molar-refractivity contribution in [2.45, 2.75) is 19.9 Å². The van der Waals surface area contributed by atoms with Crippen molar-refractivity contribution in [3.05, 3.63) is 22.4 Å². The van der Waals surface area contributed by atoms with Crippen LogP contribution >= 0.6 is 11.3 Å². The van der Waals surface area contributed by atoms with Crippen molar-refractivity contribution in [3.8, 4) is 0 Å². The van der Waals surface area contributed by atoms with Gasteiger partial charge in [0.05, 0.1) is 0 Å². The molecule has 0 aliphatic carbocycles.